The zero-order valence-electron chi connectivity index (χ0n) is 11.6. The minimum atomic E-state index is -1.05. The Morgan fingerprint density at radius 2 is 2.15 bits per heavy atom. The zero-order valence-corrected chi connectivity index (χ0v) is 12.4. The monoisotopic (exact) mass is 291 g/mol. The summed E-state index contributed by atoms with van der Waals surface area (Å²) in [4.78, 5) is 17.7. The number of nitrogens with zero attached hydrogens (tertiary/aromatic N) is 1. The van der Waals surface area contributed by atoms with Crippen LogP contribution in [0.25, 0.3) is 0 Å². The molecular formula is C14H17N3O2S. The van der Waals surface area contributed by atoms with Crippen LogP contribution >= 0.6 is 11.3 Å². The Morgan fingerprint density at radius 1 is 1.45 bits per heavy atom. The average Bonchev–Trinajstić information content (AvgIpc) is 2.70. The second-order valence-electron chi connectivity index (χ2n) is 4.70. The third kappa shape index (κ3) is 2.91. The number of aryl methyl sites for hydroxylation is 2. The normalized spacial score (nSPS) is 12.2. The molecule has 106 valence electrons. The smallest absolute Gasteiger partial charge is 0.337 e. The largest absolute Gasteiger partial charge is 0.478 e. The summed E-state index contributed by atoms with van der Waals surface area (Å²) in [6.45, 7) is 6.16. The quantitative estimate of drug-likeness (QED) is 0.805. The second-order valence-corrected chi connectivity index (χ2v) is 6.16. The first-order chi connectivity index (χ1) is 9.38. The van der Waals surface area contributed by atoms with E-state index in [2.05, 4.69) is 30.2 Å². The predicted molar refractivity (Wildman–Crippen MR) is 81.4 cm³/mol. The number of pyridine rings is 1. The van der Waals surface area contributed by atoms with Crippen LogP contribution in [0.1, 0.15) is 38.6 Å². The summed E-state index contributed by atoms with van der Waals surface area (Å²) >= 11 is 1.74. The topological polar surface area (TPSA) is 88.2 Å². The molecule has 0 aromatic carbocycles. The van der Waals surface area contributed by atoms with Crippen molar-refractivity contribution < 1.29 is 9.90 Å². The van der Waals surface area contributed by atoms with Gasteiger partial charge in [-0.05, 0) is 38.5 Å². The molecule has 0 radical (unpaired) electrons. The molecule has 5 nitrogen and oxygen atoms in total. The first kappa shape index (κ1) is 14.3. The lowest BCUT2D eigenvalue weighted by Crippen LogP contribution is -2.10. The Kier molecular flexibility index (Phi) is 3.94. The number of nitrogen functional groups attached to an aromatic ring is 1. The minimum Gasteiger partial charge on any atom is -0.478 e. The van der Waals surface area contributed by atoms with Crippen LogP contribution in [-0.2, 0) is 0 Å². The van der Waals surface area contributed by atoms with E-state index >= 15 is 0 Å². The van der Waals surface area contributed by atoms with Crippen molar-refractivity contribution in [1.82, 2.24) is 4.98 Å². The number of aromatic nitrogens is 1. The van der Waals surface area contributed by atoms with Gasteiger partial charge in [0, 0.05) is 9.75 Å². The van der Waals surface area contributed by atoms with Gasteiger partial charge in [0.1, 0.15) is 5.82 Å². The van der Waals surface area contributed by atoms with E-state index in [-0.39, 0.29) is 17.3 Å². The fraction of sp³-hybridized carbons (Fsp3) is 0.286. The van der Waals surface area contributed by atoms with Gasteiger partial charge in [0.05, 0.1) is 23.5 Å². The van der Waals surface area contributed by atoms with E-state index < -0.39 is 5.97 Å². The lowest BCUT2D eigenvalue weighted by molar-refractivity contribution is 0.0698. The van der Waals surface area contributed by atoms with E-state index in [1.165, 1.54) is 27.6 Å². The van der Waals surface area contributed by atoms with Gasteiger partial charge in [-0.15, -0.1) is 11.3 Å². The van der Waals surface area contributed by atoms with Crippen LogP contribution in [0, 0.1) is 13.8 Å². The summed E-state index contributed by atoms with van der Waals surface area (Å²) in [7, 11) is 0. The molecule has 0 fully saturated rings. The van der Waals surface area contributed by atoms with Crippen molar-refractivity contribution in [3.8, 4) is 0 Å². The van der Waals surface area contributed by atoms with Crippen LogP contribution in [0.4, 0.5) is 11.5 Å². The molecule has 4 N–H and O–H groups in total. The fourth-order valence-corrected chi connectivity index (χ4v) is 3.13. The van der Waals surface area contributed by atoms with Gasteiger partial charge in [0.25, 0.3) is 0 Å². The van der Waals surface area contributed by atoms with Crippen LogP contribution in [0.2, 0.25) is 0 Å². The first-order valence-corrected chi connectivity index (χ1v) is 7.02. The predicted octanol–water partition coefficient (Wildman–Crippen LogP) is 3.21. The Hall–Kier alpha value is -2.08. The van der Waals surface area contributed by atoms with Crippen molar-refractivity contribution in [3.63, 3.8) is 0 Å². The molecule has 0 bridgehead atoms. The summed E-state index contributed by atoms with van der Waals surface area (Å²) in [5.74, 6) is -0.546. The summed E-state index contributed by atoms with van der Waals surface area (Å²) in [6.07, 6.45) is 1.37. The van der Waals surface area contributed by atoms with Crippen LogP contribution < -0.4 is 11.1 Å². The number of carboxylic acids is 1. The van der Waals surface area contributed by atoms with Gasteiger partial charge >= 0.3 is 5.97 Å². The van der Waals surface area contributed by atoms with Crippen LogP contribution in [0.5, 0.6) is 0 Å². The van der Waals surface area contributed by atoms with Crippen LogP contribution in [-0.4, -0.2) is 16.1 Å². The second kappa shape index (κ2) is 5.50. The molecule has 20 heavy (non-hydrogen) atoms. The third-order valence-electron chi connectivity index (χ3n) is 3.08. The number of rotatable bonds is 4. The standard InChI is InChI=1S/C14H17N3O2S/c1-7-4-10(9(3)20-7)8(2)17-13-5-11(14(18)19)12(15)6-16-13/h4-6,8H,15H2,1-3H3,(H,16,17)(H,18,19). The summed E-state index contributed by atoms with van der Waals surface area (Å²) in [5.41, 5.74) is 7.02. The number of nitrogens with one attached hydrogen (secondary N) is 1. The van der Waals surface area contributed by atoms with Crippen LogP contribution in [0.3, 0.4) is 0 Å². The average molecular weight is 291 g/mol. The van der Waals surface area contributed by atoms with Crippen molar-refractivity contribution in [3.05, 3.63) is 39.2 Å². The number of hydrogen-bond acceptors (Lipinski definition) is 5. The highest BCUT2D eigenvalue weighted by Crippen LogP contribution is 2.28. The number of aromatic carboxylic acids is 1. The van der Waals surface area contributed by atoms with Crippen molar-refractivity contribution >= 4 is 28.8 Å². The lowest BCUT2D eigenvalue weighted by Gasteiger charge is -2.15. The SMILES string of the molecule is Cc1cc(C(C)Nc2cc(C(=O)O)c(N)cn2)c(C)s1. The number of nitrogens with two attached hydrogens (primary N) is 1. The van der Waals surface area contributed by atoms with E-state index in [0.29, 0.717) is 5.82 Å². The summed E-state index contributed by atoms with van der Waals surface area (Å²) in [5, 5.41) is 12.3. The Morgan fingerprint density at radius 3 is 2.70 bits per heavy atom. The molecule has 0 aliphatic heterocycles. The Labute approximate surface area is 121 Å². The van der Waals surface area contributed by atoms with E-state index in [9.17, 15) is 4.79 Å². The molecule has 2 heterocycles. The molecule has 2 aromatic rings. The molecule has 1 unspecified atom stereocenters. The van der Waals surface area contributed by atoms with E-state index in [0.717, 1.165) is 0 Å². The van der Waals surface area contributed by atoms with Gasteiger partial charge < -0.3 is 16.2 Å². The highest BCUT2D eigenvalue weighted by atomic mass is 32.1. The van der Waals surface area contributed by atoms with Crippen molar-refractivity contribution in [2.45, 2.75) is 26.8 Å². The highest BCUT2D eigenvalue weighted by molar-refractivity contribution is 7.12. The Balaban J connectivity index is 2.24. The van der Waals surface area contributed by atoms with Crippen molar-refractivity contribution in [1.29, 1.82) is 0 Å². The summed E-state index contributed by atoms with van der Waals surface area (Å²) < 4.78 is 0. The van der Waals surface area contributed by atoms with Crippen molar-refractivity contribution in [2.24, 2.45) is 0 Å². The highest BCUT2D eigenvalue weighted by Gasteiger charge is 2.14. The zero-order chi connectivity index (χ0) is 14.9. The molecule has 0 saturated heterocycles. The maximum absolute atomic E-state index is 11.1. The molecule has 0 aliphatic rings. The maximum Gasteiger partial charge on any atom is 0.337 e. The summed E-state index contributed by atoms with van der Waals surface area (Å²) in [6, 6.07) is 3.65. The number of carbonyl (C=O) groups is 1. The van der Waals surface area contributed by atoms with Gasteiger partial charge in [-0.1, -0.05) is 0 Å². The van der Waals surface area contributed by atoms with Gasteiger partial charge in [-0.3, -0.25) is 0 Å². The number of hydrogen-bond donors (Lipinski definition) is 3. The molecule has 0 aliphatic carbocycles. The van der Waals surface area contributed by atoms with Crippen molar-refractivity contribution in [2.75, 3.05) is 11.1 Å². The molecule has 1 atom stereocenters. The molecule has 2 aromatic heterocycles. The Bertz CT molecular complexity index is 652. The van der Waals surface area contributed by atoms with E-state index in [1.807, 2.05) is 6.92 Å². The number of carboxylic acid groups (broad SMARTS) is 1. The van der Waals surface area contributed by atoms with Gasteiger partial charge in [-0.2, -0.15) is 0 Å². The molecular weight excluding hydrogens is 274 g/mol. The molecule has 2 rings (SSSR count). The van der Waals surface area contributed by atoms with E-state index in [4.69, 9.17) is 10.8 Å². The maximum atomic E-state index is 11.1. The van der Waals surface area contributed by atoms with Gasteiger partial charge in [-0.25, -0.2) is 9.78 Å². The number of anilines is 2. The van der Waals surface area contributed by atoms with Gasteiger partial charge in [0.15, 0.2) is 0 Å². The fourth-order valence-electron chi connectivity index (χ4n) is 2.11. The van der Waals surface area contributed by atoms with E-state index in [1.54, 1.807) is 11.3 Å². The lowest BCUT2D eigenvalue weighted by atomic mass is 10.1. The van der Waals surface area contributed by atoms with Gasteiger partial charge in [0.2, 0.25) is 0 Å². The molecule has 0 spiro atoms. The molecule has 0 saturated carbocycles. The first-order valence-electron chi connectivity index (χ1n) is 6.20. The van der Waals surface area contributed by atoms with Crippen LogP contribution in [0.15, 0.2) is 18.3 Å². The molecule has 6 heteroatoms. The minimum absolute atomic E-state index is 0.0534. The third-order valence-corrected chi connectivity index (χ3v) is 4.06. The number of thiophene rings is 1. The molecule has 0 amide bonds.